The van der Waals surface area contributed by atoms with Crippen LogP contribution in [0.1, 0.15) is 5.56 Å². The first-order chi connectivity index (χ1) is 9.36. The Morgan fingerprint density at radius 2 is 1.95 bits per heavy atom. The summed E-state index contributed by atoms with van der Waals surface area (Å²) in [6, 6.07) is 17.1. The Balaban J connectivity index is 2.04. The average Bonchev–Trinajstić information content (AvgIpc) is 2.84. The predicted molar refractivity (Wildman–Crippen MR) is 75.2 cm³/mol. The van der Waals surface area contributed by atoms with Crippen LogP contribution in [-0.2, 0) is 6.54 Å². The zero-order chi connectivity index (χ0) is 12.8. The SMILES string of the molecule is COc1ccc2c(c1)C[n+]1ccc3ccccc3c1-2. The summed E-state index contributed by atoms with van der Waals surface area (Å²) in [6.07, 6.45) is 2.17. The summed E-state index contributed by atoms with van der Waals surface area (Å²) < 4.78 is 7.63. The number of hydrogen-bond acceptors (Lipinski definition) is 1. The zero-order valence-corrected chi connectivity index (χ0v) is 10.8. The molecule has 0 bridgehead atoms. The van der Waals surface area contributed by atoms with Gasteiger partial charge in [0.05, 0.1) is 18.1 Å². The Morgan fingerprint density at radius 3 is 2.84 bits per heavy atom. The molecule has 0 unspecified atom stereocenters. The van der Waals surface area contributed by atoms with Gasteiger partial charge in [0.25, 0.3) is 0 Å². The molecule has 1 aromatic heterocycles. The van der Waals surface area contributed by atoms with E-state index in [9.17, 15) is 0 Å². The van der Waals surface area contributed by atoms with Crippen molar-refractivity contribution >= 4 is 10.8 Å². The molecule has 2 heterocycles. The third-order valence-corrected chi connectivity index (χ3v) is 3.85. The Labute approximate surface area is 111 Å². The maximum atomic E-state index is 5.32. The average molecular weight is 248 g/mol. The van der Waals surface area contributed by atoms with E-state index in [-0.39, 0.29) is 0 Å². The lowest BCUT2D eigenvalue weighted by Crippen LogP contribution is -2.31. The molecule has 0 N–H and O–H groups in total. The highest BCUT2D eigenvalue weighted by molar-refractivity contribution is 5.94. The van der Waals surface area contributed by atoms with E-state index in [4.69, 9.17) is 4.74 Å². The lowest BCUT2D eigenvalue weighted by atomic mass is 10.0. The van der Waals surface area contributed by atoms with Crippen molar-refractivity contribution in [2.75, 3.05) is 7.11 Å². The minimum atomic E-state index is 0.923. The molecule has 3 aromatic rings. The summed E-state index contributed by atoms with van der Waals surface area (Å²) in [7, 11) is 1.71. The molecule has 0 saturated heterocycles. The minimum absolute atomic E-state index is 0.923. The molecule has 2 heteroatoms. The third kappa shape index (κ3) is 1.46. The van der Waals surface area contributed by atoms with Gasteiger partial charge in [-0.3, -0.25) is 0 Å². The molecule has 92 valence electrons. The van der Waals surface area contributed by atoms with Crippen molar-refractivity contribution in [1.82, 2.24) is 0 Å². The maximum Gasteiger partial charge on any atom is 0.221 e. The van der Waals surface area contributed by atoms with E-state index in [2.05, 4.69) is 53.2 Å². The topological polar surface area (TPSA) is 13.1 Å². The van der Waals surface area contributed by atoms with Gasteiger partial charge in [-0.2, -0.15) is 4.57 Å². The molecule has 1 aliphatic heterocycles. The Hall–Kier alpha value is -2.35. The molecule has 2 nitrogen and oxygen atoms in total. The van der Waals surface area contributed by atoms with Gasteiger partial charge < -0.3 is 4.74 Å². The molecule has 0 aliphatic carbocycles. The first-order valence-corrected chi connectivity index (χ1v) is 6.45. The third-order valence-electron chi connectivity index (χ3n) is 3.85. The van der Waals surface area contributed by atoms with Crippen molar-refractivity contribution < 1.29 is 9.30 Å². The lowest BCUT2D eigenvalue weighted by molar-refractivity contribution is -0.671. The number of nitrogens with zero attached hydrogens (tertiary/aromatic N) is 1. The number of rotatable bonds is 1. The Kier molecular flexibility index (Phi) is 2.12. The van der Waals surface area contributed by atoms with Gasteiger partial charge in [-0.15, -0.1) is 0 Å². The van der Waals surface area contributed by atoms with Crippen LogP contribution in [0.3, 0.4) is 0 Å². The van der Waals surface area contributed by atoms with Crippen molar-refractivity contribution in [3.8, 4) is 17.0 Å². The number of fused-ring (bicyclic) bond motifs is 5. The van der Waals surface area contributed by atoms with Gasteiger partial charge in [0.15, 0.2) is 12.7 Å². The zero-order valence-electron chi connectivity index (χ0n) is 10.8. The van der Waals surface area contributed by atoms with E-state index in [1.165, 1.54) is 27.6 Å². The highest BCUT2D eigenvalue weighted by Gasteiger charge is 2.28. The predicted octanol–water partition coefficient (Wildman–Crippen LogP) is 3.16. The van der Waals surface area contributed by atoms with E-state index in [1.54, 1.807) is 7.11 Å². The molecule has 19 heavy (non-hydrogen) atoms. The normalized spacial score (nSPS) is 12.3. The van der Waals surface area contributed by atoms with Gasteiger partial charge >= 0.3 is 0 Å². The molecule has 0 saturated carbocycles. The van der Waals surface area contributed by atoms with Crippen LogP contribution in [0.5, 0.6) is 5.75 Å². The van der Waals surface area contributed by atoms with Gasteiger partial charge in [0.2, 0.25) is 5.69 Å². The maximum absolute atomic E-state index is 5.32. The van der Waals surface area contributed by atoms with Crippen LogP contribution in [0, 0.1) is 0 Å². The van der Waals surface area contributed by atoms with Crippen molar-refractivity contribution in [2.24, 2.45) is 0 Å². The van der Waals surface area contributed by atoms with Crippen LogP contribution in [-0.4, -0.2) is 7.11 Å². The summed E-state index contributed by atoms with van der Waals surface area (Å²) >= 11 is 0. The van der Waals surface area contributed by atoms with Crippen LogP contribution in [0.15, 0.2) is 54.7 Å². The molecule has 4 rings (SSSR count). The molecular formula is C17H14NO+. The summed E-state index contributed by atoms with van der Waals surface area (Å²) in [5.41, 5.74) is 3.96. The Morgan fingerprint density at radius 1 is 1.05 bits per heavy atom. The second kappa shape index (κ2) is 3.82. The van der Waals surface area contributed by atoms with Crippen molar-refractivity contribution in [1.29, 1.82) is 0 Å². The van der Waals surface area contributed by atoms with Crippen LogP contribution < -0.4 is 9.30 Å². The molecular weight excluding hydrogens is 234 g/mol. The molecule has 0 spiro atoms. The standard InChI is InChI=1S/C17H14NO/c1-19-14-6-7-16-13(10-14)11-18-9-8-12-4-2-3-5-15(12)17(16)18/h2-10H,11H2,1H3/q+1. The number of hydrogen-bond donors (Lipinski definition) is 0. The van der Waals surface area contributed by atoms with Crippen molar-refractivity contribution in [3.63, 3.8) is 0 Å². The van der Waals surface area contributed by atoms with Crippen LogP contribution in [0.4, 0.5) is 0 Å². The fourth-order valence-electron chi connectivity index (χ4n) is 2.93. The summed E-state index contributed by atoms with van der Waals surface area (Å²) in [5, 5.41) is 2.60. The van der Waals surface area contributed by atoms with E-state index in [0.717, 1.165) is 12.3 Å². The van der Waals surface area contributed by atoms with E-state index in [0.29, 0.717) is 0 Å². The molecule has 0 radical (unpaired) electrons. The fourth-order valence-corrected chi connectivity index (χ4v) is 2.93. The minimum Gasteiger partial charge on any atom is -0.497 e. The number of ether oxygens (including phenoxy) is 1. The molecule has 2 aromatic carbocycles. The van der Waals surface area contributed by atoms with Gasteiger partial charge in [-0.1, -0.05) is 18.2 Å². The fraction of sp³-hybridized carbons (Fsp3) is 0.118. The molecule has 0 fully saturated rings. The largest absolute Gasteiger partial charge is 0.497 e. The van der Waals surface area contributed by atoms with Gasteiger partial charge in [0.1, 0.15) is 5.75 Å². The molecule has 1 aliphatic rings. The smallest absolute Gasteiger partial charge is 0.221 e. The first-order valence-electron chi connectivity index (χ1n) is 6.45. The summed E-state index contributed by atoms with van der Waals surface area (Å²) in [5.74, 6) is 0.927. The quantitative estimate of drug-likeness (QED) is 0.472. The van der Waals surface area contributed by atoms with Crippen molar-refractivity contribution in [2.45, 2.75) is 6.54 Å². The van der Waals surface area contributed by atoms with E-state index >= 15 is 0 Å². The van der Waals surface area contributed by atoms with Gasteiger partial charge in [0, 0.05) is 11.6 Å². The number of benzene rings is 2. The van der Waals surface area contributed by atoms with Crippen LogP contribution in [0.25, 0.3) is 22.0 Å². The van der Waals surface area contributed by atoms with E-state index in [1.807, 2.05) is 6.07 Å². The number of pyridine rings is 1. The van der Waals surface area contributed by atoms with Gasteiger partial charge in [-0.05, 0) is 29.7 Å². The molecule has 0 atom stereocenters. The first kappa shape index (κ1) is 10.6. The number of aromatic nitrogens is 1. The van der Waals surface area contributed by atoms with Crippen molar-refractivity contribution in [3.05, 3.63) is 60.3 Å². The summed E-state index contributed by atoms with van der Waals surface area (Å²) in [6.45, 7) is 0.923. The second-order valence-corrected chi connectivity index (χ2v) is 4.90. The van der Waals surface area contributed by atoms with E-state index < -0.39 is 0 Å². The highest BCUT2D eigenvalue weighted by atomic mass is 16.5. The Bertz CT molecular complexity index is 792. The monoisotopic (exact) mass is 248 g/mol. The molecule has 0 amide bonds. The van der Waals surface area contributed by atoms with Gasteiger partial charge in [-0.25, -0.2) is 0 Å². The highest BCUT2D eigenvalue weighted by Crippen LogP contribution is 2.34. The number of methoxy groups -OCH3 is 1. The lowest BCUT2D eigenvalue weighted by Gasteiger charge is -2.01. The van der Waals surface area contributed by atoms with Crippen LogP contribution >= 0.6 is 0 Å². The second-order valence-electron chi connectivity index (χ2n) is 4.90. The van der Waals surface area contributed by atoms with Crippen LogP contribution in [0.2, 0.25) is 0 Å². The summed E-state index contributed by atoms with van der Waals surface area (Å²) in [4.78, 5) is 0.